The standard InChI is InChI=1S/C13H15NO4.C9H20N2.Pt/c1-9-2-4-10(5-3-9)6-14-7-13(8-14,11(15)16)12(17)18;1-7(2)11-9-6-4-3-5-8(9)10;/h2-5H,6-8H2,1H3,(H,15,16)(H,17,18);7-9,11H,3-6,10H2,1-2H3;/q;;+2/p-2/t;8-,9-;/m.1./s1. The third-order valence-corrected chi connectivity index (χ3v) is 5.66. The Kier molecular flexibility index (Phi) is 10.7. The molecule has 3 N–H and O–H groups in total. The van der Waals surface area contributed by atoms with E-state index in [-0.39, 0.29) is 34.2 Å². The van der Waals surface area contributed by atoms with Gasteiger partial charge in [0.05, 0.1) is 17.4 Å². The molecule has 1 aliphatic carbocycles. The van der Waals surface area contributed by atoms with Crippen molar-refractivity contribution in [3.8, 4) is 0 Å². The van der Waals surface area contributed by atoms with Crippen molar-refractivity contribution < 1.29 is 40.9 Å². The largest absolute Gasteiger partial charge is 2.00 e. The number of nitrogens with zero attached hydrogens (tertiary/aromatic N) is 1. The molecule has 1 saturated carbocycles. The molecule has 170 valence electrons. The van der Waals surface area contributed by atoms with Crippen molar-refractivity contribution >= 4 is 11.9 Å². The van der Waals surface area contributed by atoms with E-state index in [0.717, 1.165) is 11.1 Å². The molecule has 8 heteroatoms. The normalized spacial score (nSPS) is 22.8. The van der Waals surface area contributed by atoms with E-state index in [4.69, 9.17) is 5.73 Å². The summed E-state index contributed by atoms with van der Waals surface area (Å²) in [7, 11) is 0. The molecule has 2 aliphatic rings. The molecule has 0 spiro atoms. The molecule has 0 aromatic heterocycles. The molecule has 0 unspecified atom stereocenters. The van der Waals surface area contributed by atoms with Gasteiger partial charge >= 0.3 is 21.1 Å². The molecule has 30 heavy (non-hydrogen) atoms. The van der Waals surface area contributed by atoms with Gasteiger partial charge < -0.3 is 30.9 Å². The quantitative estimate of drug-likeness (QED) is 0.426. The maximum absolute atomic E-state index is 10.8. The first kappa shape index (κ1) is 26.8. The summed E-state index contributed by atoms with van der Waals surface area (Å²) in [6.07, 6.45) is 5.12. The van der Waals surface area contributed by atoms with E-state index in [1.165, 1.54) is 25.7 Å². The van der Waals surface area contributed by atoms with Crippen LogP contribution in [0, 0.1) is 12.3 Å². The van der Waals surface area contributed by atoms with Gasteiger partial charge in [-0.15, -0.1) is 0 Å². The Balaban J connectivity index is 0.000000324. The van der Waals surface area contributed by atoms with Crippen molar-refractivity contribution in [2.24, 2.45) is 11.1 Å². The van der Waals surface area contributed by atoms with Crippen molar-refractivity contribution in [1.82, 2.24) is 10.2 Å². The number of aliphatic carboxylic acids is 2. The maximum Gasteiger partial charge on any atom is 2.00 e. The van der Waals surface area contributed by atoms with Crippen molar-refractivity contribution in [2.45, 2.75) is 71.1 Å². The summed E-state index contributed by atoms with van der Waals surface area (Å²) in [6, 6.07) is 9.33. The Bertz CT molecular complexity index is 674. The van der Waals surface area contributed by atoms with Gasteiger partial charge in [0.1, 0.15) is 0 Å². The van der Waals surface area contributed by atoms with Gasteiger partial charge in [-0.1, -0.05) is 56.5 Å². The number of nitrogens with one attached hydrogen (secondary N) is 1. The van der Waals surface area contributed by atoms with Gasteiger partial charge in [-0.3, -0.25) is 4.90 Å². The van der Waals surface area contributed by atoms with E-state index in [1.54, 1.807) is 4.90 Å². The van der Waals surface area contributed by atoms with Gasteiger partial charge in [-0.2, -0.15) is 0 Å². The first-order chi connectivity index (χ1) is 13.6. The molecule has 2 fully saturated rings. The average molecular weight is 599 g/mol. The number of carboxylic acid groups (broad SMARTS) is 2. The van der Waals surface area contributed by atoms with Gasteiger partial charge in [0, 0.05) is 37.8 Å². The monoisotopic (exact) mass is 598 g/mol. The van der Waals surface area contributed by atoms with Gasteiger partial charge in [0.25, 0.3) is 0 Å². The van der Waals surface area contributed by atoms with Crippen molar-refractivity contribution in [1.29, 1.82) is 0 Å². The van der Waals surface area contributed by atoms with Crippen LogP contribution >= 0.6 is 0 Å². The molecule has 7 nitrogen and oxygen atoms in total. The van der Waals surface area contributed by atoms with E-state index < -0.39 is 17.4 Å². The van der Waals surface area contributed by atoms with Crippen LogP contribution in [-0.4, -0.2) is 48.1 Å². The number of nitrogens with two attached hydrogens (primary N) is 1. The third kappa shape index (κ3) is 7.15. The van der Waals surface area contributed by atoms with Gasteiger partial charge in [0.15, 0.2) is 0 Å². The van der Waals surface area contributed by atoms with Crippen molar-refractivity contribution in [3.63, 3.8) is 0 Å². The second-order valence-electron chi connectivity index (χ2n) is 8.66. The molecular weight excluding hydrogens is 565 g/mol. The number of likely N-dealkylation sites (tertiary alicyclic amines) is 1. The summed E-state index contributed by atoms with van der Waals surface area (Å²) < 4.78 is 0. The zero-order valence-electron chi connectivity index (χ0n) is 18.0. The molecule has 1 heterocycles. The Hall–Kier alpha value is -1.27. The Morgan fingerprint density at radius 3 is 2.13 bits per heavy atom. The average Bonchev–Trinajstić information content (AvgIpc) is 2.61. The molecular formula is C22H33N3O4Pt. The fourth-order valence-corrected chi connectivity index (χ4v) is 3.92. The predicted octanol–water partition coefficient (Wildman–Crippen LogP) is -0.451. The number of aryl methyl sites for hydroxylation is 1. The summed E-state index contributed by atoms with van der Waals surface area (Å²) in [5.41, 5.74) is 6.28. The van der Waals surface area contributed by atoms with Crippen LogP contribution in [0.1, 0.15) is 50.7 Å². The molecule has 0 bridgehead atoms. The minimum Gasteiger partial charge on any atom is -0.549 e. The summed E-state index contributed by atoms with van der Waals surface area (Å²) in [4.78, 5) is 23.4. The summed E-state index contributed by atoms with van der Waals surface area (Å²) in [5, 5.41) is 25.2. The van der Waals surface area contributed by atoms with E-state index >= 15 is 0 Å². The number of hydrogen-bond donors (Lipinski definition) is 2. The van der Waals surface area contributed by atoms with Crippen LogP contribution in [0.4, 0.5) is 0 Å². The summed E-state index contributed by atoms with van der Waals surface area (Å²) >= 11 is 0. The van der Waals surface area contributed by atoms with Crippen LogP contribution in [0.3, 0.4) is 0 Å². The SMILES string of the molecule is CC(C)N[C@@H]1CCCC[C@H]1N.Cc1ccc(CN2CC(C(=O)[O-])(C(=O)[O-])C2)cc1.[Pt+2]. The second-order valence-corrected chi connectivity index (χ2v) is 8.66. The van der Waals surface area contributed by atoms with E-state index in [0.29, 0.717) is 24.7 Å². The van der Waals surface area contributed by atoms with E-state index in [1.807, 2.05) is 31.2 Å². The molecule has 3 rings (SSSR count). The van der Waals surface area contributed by atoms with Crippen LogP contribution in [0.25, 0.3) is 0 Å². The number of hydrogen-bond acceptors (Lipinski definition) is 7. The third-order valence-electron chi connectivity index (χ3n) is 5.66. The molecule has 1 saturated heterocycles. The molecule has 2 atom stereocenters. The topological polar surface area (TPSA) is 122 Å². The summed E-state index contributed by atoms with van der Waals surface area (Å²) in [5.74, 6) is -3.13. The zero-order valence-corrected chi connectivity index (χ0v) is 20.2. The van der Waals surface area contributed by atoms with E-state index in [9.17, 15) is 19.8 Å². The number of carboxylic acids is 2. The summed E-state index contributed by atoms with van der Waals surface area (Å²) in [6.45, 7) is 6.74. The first-order valence-corrected chi connectivity index (χ1v) is 10.4. The number of carbonyl (C=O) groups is 2. The predicted molar refractivity (Wildman–Crippen MR) is 107 cm³/mol. The molecule has 1 aromatic rings. The maximum atomic E-state index is 10.8. The van der Waals surface area contributed by atoms with Gasteiger partial charge in [0.2, 0.25) is 0 Å². The fraction of sp³-hybridized carbons (Fsp3) is 0.636. The number of rotatable bonds is 6. The second kappa shape index (κ2) is 11.9. The van der Waals surface area contributed by atoms with Gasteiger partial charge in [-0.25, -0.2) is 0 Å². The van der Waals surface area contributed by atoms with Crippen LogP contribution in [0.15, 0.2) is 24.3 Å². The number of carbonyl (C=O) groups excluding carboxylic acids is 2. The zero-order chi connectivity index (χ0) is 21.6. The van der Waals surface area contributed by atoms with Crippen LogP contribution in [0.5, 0.6) is 0 Å². The first-order valence-electron chi connectivity index (χ1n) is 10.4. The van der Waals surface area contributed by atoms with Gasteiger partial charge in [-0.05, 0) is 25.3 Å². The fourth-order valence-electron chi connectivity index (χ4n) is 3.92. The Labute approximate surface area is 193 Å². The van der Waals surface area contributed by atoms with Crippen LogP contribution in [-0.2, 0) is 37.2 Å². The minimum atomic E-state index is -1.84. The molecule has 1 aromatic carbocycles. The van der Waals surface area contributed by atoms with Crippen molar-refractivity contribution in [3.05, 3.63) is 35.4 Å². The molecule has 1 aliphatic heterocycles. The number of benzene rings is 1. The Morgan fingerprint density at radius 2 is 1.67 bits per heavy atom. The smallest absolute Gasteiger partial charge is 0.549 e. The molecule has 0 radical (unpaired) electrons. The van der Waals surface area contributed by atoms with Crippen molar-refractivity contribution in [2.75, 3.05) is 13.1 Å². The van der Waals surface area contributed by atoms with E-state index in [2.05, 4.69) is 19.2 Å². The van der Waals surface area contributed by atoms with Crippen LogP contribution in [0.2, 0.25) is 0 Å². The minimum absolute atomic E-state index is 0. The molecule has 0 amide bonds. The van der Waals surface area contributed by atoms with Crippen LogP contribution < -0.4 is 21.3 Å². The Morgan fingerprint density at radius 1 is 1.13 bits per heavy atom.